The standard InChI is InChI=1S/C11H16FN3O/c1-4-7(2)15(3)11(16)9-5-8(12)6-14-10(9)13/h5-7H,4H2,1-3H3,(H2,13,14). The molecule has 0 spiro atoms. The highest BCUT2D eigenvalue weighted by Gasteiger charge is 2.19. The van der Waals surface area contributed by atoms with Gasteiger partial charge in [0.05, 0.1) is 11.8 Å². The second kappa shape index (κ2) is 4.92. The summed E-state index contributed by atoms with van der Waals surface area (Å²) in [5, 5.41) is 0. The third-order valence-corrected chi connectivity index (χ3v) is 2.69. The van der Waals surface area contributed by atoms with Gasteiger partial charge in [0.1, 0.15) is 11.6 Å². The van der Waals surface area contributed by atoms with Crippen LogP contribution in [0.4, 0.5) is 10.2 Å². The molecule has 0 aliphatic heterocycles. The van der Waals surface area contributed by atoms with Crippen molar-refractivity contribution in [2.75, 3.05) is 12.8 Å². The first kappa shape index (κ1) is 12.4. The van der Waals surface area contributed by atoms with Gasteiger partial charge < -0.3 is 10.6 Å². The van der Waals surface area contributed by atoms with E-state index in [9.17, 15) is 9.18 Å². The molecule has 1 atom stereocenters. The Morgan fingerprint density at radius 3 is 2.88 bits per heavy atom. The minimum atomic E-state index is -0.560. The Bertz CT molecular complexity index is 395. The maximum Gasteiger partial charge on any atom is 0.257 e. The summed E-state index contributed by atoms with van der Waals surface area (Å²) in [7, 11) is 1.67. The lowest BCUT2D eigenvalue weighted by Crippen LogP contribution is -2.35. The van der Waals surface area contributed by atoms with Gasteiger partial charge in [0.15, 0.2) is 0 Å². The van der Waals surface area contributed by atoms with Crippen molar-refractivity contribution in [1.82, 2.24) is 9.88 Å². The van der Waals surface area contributed by atoms with Crippen LogP contribution in [-0.2, 0) is 0 Å². The Morgan fingerprint density at radius 2 is 2.31 bits per heavy atom. The molecule has 0 bridgehead atoms. The smallest absolute Gasteiger partial charge is 0.257 e. The van der Waals surface area contributed by atoms with E-state index >= 15 is 0 Å². The van der Waals surface area contributed by atoms with Crippen LogP contribution in [0.15, 0.2) is 12.3 Å². The third-order valence-electron chi connectivity index (χ3n) is 2.69. The maximum atomic E-state index is 13.0. The summed E-state index contributed by atoms with van der Waals surface area (Å²) < 4.78 is 13.0. The quantitative estimate of drug-likeness (QED) is 0.851. The third kappa shape index (κ3) is 2.48. The van der Waals surface area contributed by atoms with E-state index in [-0.39, 0.29) is 23.3 Å². The molecule has 0 saturated carbocycles. The average Bonchev–Trinajstić information content (AvgIpc) is 2.29. The van der Waals surface area contributed by atoms with Gasteiger partial charge in [-0.25, -0.2) is 9.37 Å². The van der Waals surface area contributed by atoms with Gasteiger partial charge in [-0.15, -0.1) is 0 Å². The number of hydrogen-bond acceptors (Lipinski definition) is 3. The van der Waals surface area contributed by atoms with Gasteiger partial charge in [-0.1, -0.05) is 6.92 Å². The van der Waals surface area contributed by atoms with Gasteiger partial charge in [-0.2, -0.15) is 0 Å². The predicted molar refractivity (Wildman–Crippen MR) is 60.5 cm³/mol. The van der Waals surface area contributed by atoms with E-state index in [0.29, 0.717) is 0 Å². The summed E-state index contributed by atoms with van der Waals surface area (Å²) in [6.45, 7) is 3.89. The molecule has 4 nitrogen and oxygen atoms in total. The molecular weight excluding hydrogens is 209 g/mol. The lowest BCUT2D eigenvalue weighted by atomic mass is 10.1. The average molecular weight is 225 g/mol. The van der Waals surface area contributed by atoms with E-state index in [1.807, 2.05) is 13.8 Å². The summed E-state index contributed by atoms with van der Waals surface area (Å²) in [5.41, 5.74) is 5.66. The summed E-state index contributed by atoms with van der Waals surface area (Å²) in [4.78, 5) is 17.1. The predicted octanol–water partition coefficient (Wildman–Crippen LogP) is 1.67. The van der Waals surface area contributed by atoms with E-state index in [2.05, 4.69) is 4.98 Å². The SMILES string of the molecule is CCC(C)N(C)C(=O)c1cc(F)cnc1N. The van der Waals surface area contributed by atoms with Crippen molar-refractivity contribution in [3.05, 3.63) is 23.6 Å². The molecule has 0 aromatic carbocycles. The van der Waals surface area contributed by atoms with Crippen LogP contribution < -0.4 is 5.73 Å². The van der Waals surface area contributed by atoms with Crippen molar-refractivity contribution < 1.29 is 9.18 Å². The van der Waals surface area contributed by atoms with Gasteiger partial charge in [-0.05, 0) is 19.4 Å². The number of carbonyl (C=O) groups is 1. The van der Waals surface area contributed by atoms with Crippen molar-refractivity contribution in [1.29, 1.82) is 0 Å². The van der Waals surface area contributed by atoms with Crippen molar-refractivity contribution in [2.45, 2.75) is 26.3 Å². The van der Waals surface area contributed by atoms with Crippen LogP contribution in [0.1, 0.15) is 30.6 Å². The Morgan fingerprint density at radius 1 is 1.69 bits per heavy atom. The molecule has 1 aromatic heterocycles. The van der Waals surface area contributed by atoms with Crippen molar-refractivity contribution >= 4 is 11.7 Å². The van der Waals surface area contributed by atoms with Gasteiger partial charge >= 0.3 is 0 Å². The molecule has 1 rings (SSSR count). The van der Waals surface area contributed by atoms with Gasteiger partial charge in [0.25, 0.3) is 5.91 Å². The molecule has 16 heavy (non-hydrogen) atoms. The number of amides is 1. The van der Waals surface area contributed by atoms with Crippen molar-refractivity contribution in [3.8, 4) is 0 Å². The Kier molecular flexibility index (Phi) is 3.82. The van der Waals surface area contributed by atoms with Gasteiger partial charge in [-0.3, -0.25) is 4.79 Å². The fourth-order valence-corrected chi connectivity index (χ4v) is 1.29. The monoisotopic (exact) mass is 225 g/mol. The number of anilines is 1. The van der Waals surface area contributed by atoms with Crippen LogP contribution in [-0.4, -0.2) is 28.9 Å². The Balaban J connectivity index is 3.00. The topological polar surface area (TPSA) is 59.2 Å². The minimum Gasteiger partial charge on any atom is -0.383 e. The number of aromatic nitrogens is 1. The zero-order valence-electron chi connectivity index (χ0n) is 9.70. The highest BCUT2D eigenvalue weighted by Crippen LogP contribution is 2.14. The number of nitrogens with zero attached hydrogens (tertiary/aromatic N) is 2. The normalized spacial score (nSPS) is 12.2. The second-order valence-corrected chi connectivity index (χ2v) is 3.76. The van der Waals surface area contributed by atoms with Gasteiger partial charge in [0, 0.05) is 13.1 Å². The molecule has 1 unspecified atom stereocenters. The molecular formula is C11H16FN3O. The summed E-state index contributed by atoms with van der Waals surface area (Å²) in [6.07, 6.45) is 1.82. The number of nitrogen functional groups attached to an aromatic ring is 1. The molecule has 2 N–H and O–H groups in total. The molecule has 0 aliphatic carbocycles. The van der Waals surface area contributed by atoms with Crippen LogP contribution in [0, 0.1) is 5.82 Å². The number of pyridine rings is 1. The maximum absolute atomic E-state index is 13.0. The van der Waals surface area contributed by atoms with E-state index in [1.54, 1.807) is 7.05 Å². The number of carbonyl (C=O) groups excluding carboxylic acids is 1. The van der Waals surface area contributed by atoms with Crippen LogP contribution >= 0.6 is 0 Å². The molecule has 0 radical (unpaired) electrons. The Hall–Kier alpha value is -1.65. The lowest BCUT2D eigenvalue weighted by Gasteiger charge is -2.24. The van der Waals surface area contributed by atoms with E-state index in [1.165, 1.54) is 4.90 Å². The minimum absolute atomic E-state index is 0.0570. The van der Waals surface area contributed by atoms with E-state index < -0.39 is 5.82 Å². The molecule has 5 heteroatoms. The molecule has 1 aromatic rings. The molecule has 0 saturated heterocycles. The lowest BCUT2D eigenvalue weighted by molar-refractivity contribution is 0.0741. The molecule has 0 fully saturated rings. The number of nitrogens with two attached hydrogens (primary N) is 1. The fourth-order valence-electron chi connectivity index (χ4n) is 1.29. The summed E-state index contributed by atoms with van der Waals surface area (Å²) >= 11 is 0. The first-order valence-electron chi connectivity index (χ1n) is 5.15. The van der Waals surface area contributed by atoms with E-state index in [0.717, 1.165) is 18.7 Å². The first-order valence-corrected chi connectivity index (χ1v) is 5.15. The Labute approximate surface area is 94.3 Å². The van der Waals surface area contributed by atoms with Crippen molar-refractivity contribution in [3.63, 3.8) is 0 Å². The summed E-state index contributed by atoms with van der Waals surface area (Å²) in [5.74, 6) is -0.810. The fraction of sp³-hybridized carbons (Fsp3) is 0.455. The van der Waals surface area contributed by atoms with Crippen molar-refractivity contribution in [2.24, 2.45) is 0 Å². The van der Waals surface area contributed by atoms with Crippen LogP contribution in [0.3, 0.4) is 0 Å². The second-order valence-electron chi connectivity index (χ2n) is 3.76. The molecule has 0 aliphatic rings. The summed E-state index contributed by atoms with van der Waals surface area (Å²) in [6, 6.07) is 1.19. The first-order chi connectivity index (χ1) is 7.47. The zero-order valence-corrected chi connectivity index (χ0v) is 9.70. The van der Waals surface area contributed by atoms with Crippen LogP contribution in [0.5, 0.6) is 0 Å². The van der Waals surface area contributed by atoms with Gasteiger partial charge in [0.2, 0.25) is 0 Å². The number of hydrogen-bond donors (Lipinski definition) is 1. The van der Waals surface area contributed by atoms with Crippen LogP contribution in [0.2, 0.25) is 0 Å². The van der Waals surface area contributed by atoms with Crippen LogP contribution in [0.25, 0.3) is 0 Å². The molecule has 88 valence electrons. The highest BCUT2D eigenvalue weighted by molar-refractivity contribution is 5.98. The highest BCUT2D eigenvalue weighted by atomic mass is 19.1. The number of rotatable bonds is 3. The molecule has 1 amide bonds. The largest absolute Gasteiger partial charge is 0.383 e. The number of halogens is 1. The molecule has 1 heterocycles. The zero-order chi connectivity index (χ0) is 12.3. The van der Waals surface area contributed by atoms with E-state index in [4.69, 9.17) is 5.73 Å².